The van der Waals surface area contributed by atoms with Crippen molar-refractivity contribution in [3.05, 3.63) is 58.9 Å². The second-order valence-corrected chi connectivity index (χ2v) is 7.38. The molecule has 0 unspecified atom stereocenters. The van der Waals surface area contributed by atoms with Crippen LogP contribution in [0, 0.1) is 5.82 Å². The molecule has 0 fully saturated rings. The van der Waals surface area contributed by atoms with Crippen LogP contribution in [-0.4, -0.2) is 19.5 Å². The van der Waals surface area contributed by atoms with E-state index < -0.39 is 21.8 Å². The Labute approximate surface area is 139 Å². The van der Waals surface area contributed by atoms with Gasteiger partial charge >= 0.3 is 5.97 Å². The number of benzene rings is 2. The van der Waals surface area contributed by atoms with Crippen molar-refractivity contribution in [3.8, 4) is 0 Å². The van der Waals surface area contributed by atoms with E-state index in [1.807, 2.05) is 0 Å². The van der Waals surface area contributed by atoms with Gasteiger partial charge in [0.1, 0.15) is 5.82 Å². The molecular weight excluding hydrogens is 333 g/mol. The van der Waals surface area contributed by atoms with E-state index in [1.165, 1.54) is 18.2 Å². The number of aryl methyl sites for hydroxylation is 1. The molecule has 126 valence electrons. The van der Waals surface area contributed by atoms with E-state index in [4.69, 9.17) is 0 Å². The molecule has 0 bridgehead atoms. The highest BCUT2D eigenvalue weighted by atomic mass is 32.2. The summed E-state index contributed by atoms with van der Waals surface area (Å²) in [7, 11) is -4.07. The maximum absolute atomic E-state index is 13.3. The molecule has 1 aliphatic rings. The number of rotatable bonds is 4. The lowest BCUT2D eigenvalue weighted by molar-refractivity contribution is 0.0696. The molecule has 2 N–H and O–H groups in total. The van der Waals surface area contributed by atoms with Crippen LogP contribution >= 0.6 is 0 Å². The van der Waals surface area contributed by atoms with Crippen molar-refractivity contribution in [2.75, 3.05) is 4.72 Å². The van der Waals surface area contributed by atoms with Gasteiger partial charge in [0, 0.05) is 0 Å². The minimum absolute atomic E-state index is 0.00686. The standard InChI is InChI=1S/C17H16FNO4S/c18-12-5-3-6-13(10-12)24(22,23)19-15-9-8-11-4-1-2-7-14(11)16(15)17(20)21/h3,5-6,8-10,19H,1-2,4,7H2,(H,20,21). The quantitative estimate of drug-likeness (QED) is 0.888. The first-order valence-corrected chi connectivity index (χ1v) is 9.03. The molecule has 0 atom stereocenters. The maximum Gasteiger partial charge on any atom is 0.338 e. The normalized spacial score (nSPS) is 14.0. The number of aromatic carboxylic acids is 1. The molecule has 24 heavy (non-hydrogen) atoms. The number of carbonyl (C=O) groups is 1. The third-order valence-electron chi connectivity index (χ3n) is 4.10. The number of carboxylic acid groups (broad SMARTS) is 1. The summed E-state index contributed by atoms with van der Waals surface area (Å²) < 4.78 is 40.4. The molecule has 0 saturated heterocycles. The Morgan fingerprint density at radius 1 is 1.12 bits per heavy atom. The Morgan fingerprint density at radius 2 is 1.88 bits per heavy atom. The second kappa shape index (κ2) is 6.24. The van der Waals surface area contributed by atoms with E-state index in [0.29, 0.717) is 12.0 Å². The van der Waals surface area contributed by atoms with Crippen molar-refractivity contribution < 1.29 is 22.7 Å². The van der Waals surface area contributed by atoms with E-state index in [0.717, 1.165) is 37.0 Å². The molecule has 0 aliphatic heterocycles. The van der Waals surface area contributed by atoms with Crippen LogP contribution < -0.4 is 4.72 Å². The molecule has 1 aliphatic carbocycles. The van der Waals surface area contributed by atoms with Crippen LogP contribution in [0.2, 0.25) is 0 Å². The third kappa shape index (κ3) is 3.12. The summed E-state index contributed by atoms with van der Waals surface area (Å²) in [6, 6.07) is 7.79. The van der Waals surface area contributed by atoms with Crippen molar-refractivity contribution in [1.29, 1.82) is 0 Å². The van der Waals surface area contributed by atoms with Crippen LogP contribution in [0.3, 0.4) is 0 Å². The SMILES string of the molecule is O=C(O)c1c(NS(=O)(=O)c2cccc(F)c2)ccc2c1CCCC2. The first-order chi connectivity index (χ1) is 11.4. The van der Waals surface area contributed by atoms with Crippen molar-refractivity contribution in [1.82, 2.24) is 0 Å². The number of sulfonamides is 1. The van der Waals surface area contributed by atoms with Crippen LogP contribution in [0.1, 0.15) is 34.3 Å². The molecule has 3 rings (SSSR count). The molecule has 0 saturated carbocycles. The molecule has 2 aromatic rings. The fourth-order valence-corrected chi connectivity index (χ4v) is 4.10. The molecule has 0 radical (unpaired) electrons. The zero-order valence-corrected chi connectivity index (χ0v) is 13.6. The summed E-state index contributed by atoms with van der Waals surface area (Å²) in [6.07, 6.45) is 3.24. The largest absolute Gasteiger partial charge is 0.478 e. The molecular formula is C17H16FNO4S. The first-order valence-electron chi connectivity index (χ1n) is 7.55. The van der Waals surface area contributed by atoms with E-state index in [2.05, 4.69) is 4.72 Å². The Bertz CT molecular complexity index is 909. The predicted molar refractivity (Wildman–Crippen MR) is 87.3 cm³/mol. The summed E-state index contributed by atoms with van der Waals surface area (Å²) in [5, 5.41) is 9.54. The van der Waals surface area contributed by atoms with Gasteiger partial charge in [0.2, 0.25) is 0 Å². The predicted octanol–water partition coefficient (Wildman–Crippen LogP) is 3.20. The lowest BCUT2D eigenvalue weighted by Crippen LogP contribution is -2.18. The Hall–Kier alpha value is -2.41. The minimum atomic E-state index is -4.07. The molecule has 0 amide bonds. The highest BCUT2D eigenvalue weighted by Crippen LogP contribution is 2.31. The number of hydrogen-bond acceptors (Lipinski definition) is 3. The zero-order valence-electron chi connectivity index (χ0n) is 12.8. The lowest BCUT2D eigenvalue weighted by Gasteiger charge is -2.20. The van der Waals surface area contributed by atoms with Crippen molar-refractivity contribution >= 4 is 21.7 Å². The van der Waals surface area contributed by atoms with Gasteiger partial charge in [-0.3, -0.25) is 4.72 Å². The van der Waals surface area contributed by atoms with Crippen molar-refractivity contribution in [3.63, 3.8) is 0 Å². The minimum Gasteiger partial charge on any atom is -0.478 e. The Kier molecular flexibility index (Phi) is 4.28. The van der Waals surface area contributed by atoms with Gasteiger partial charge in [-0.25, -0.2) is 17.6 Å². The Balaban J connectivity index is 2.05. The van der Waals surface area contributed by atoms with Crippen LogP contribution in [-0.2, 0) is 22.9 Å². The van der Waals surface area contributed by atoms with Gasteiger partial charge in [0.15, 0.2) is 0 Å². The number of nitrogens with one attached hydrogen (secondary N) is 1. The van der Waals surface area contributed by atoms with Crippen LogP contribution in [0.25, 0.3) is 0 Å². The van der Waals surface area contributed by atoms with Gasteiger partial charge < -0.3 is 5.11 Å². The number of fused-ring (bicyclic) bond motifs is 1. The fourth-order valence-electron chi connectivity index (χ4n) is 3.00. The third-order valence-corrected chi connectivity index (χ3v) is 5.46. The number of hydrogen-bond donors (Lipinski definition) is 2. The maximum atomic E-state index is 13.3. The highest BCUT2D eigenvalue weighted by Gasteiger charge is 2.24. The molecule has 0 heterocycles. The van der Waals surface area contributed by atoms with Crippen LogP contribution in [0.4, 0.5) is 10.1 Å². The van der Waals surface area contributed by atoms with Gasteiger partial charge in [0.05, 0.1) is 16.1 Å². The number of anilines is 1. The van der Waals surface area contributed by atoms with E-state index in [9.17, 15) is 22.7 Å². The fraction of sp³-hybridized carbons (Fsp3) is 0.235. The van der Waals surface area contributed by atoms with Gasteiger partial charge in [-0.15, -0.1) is 0 Å². The molecule has 2 aromatic carbocycles. The first kappa shape index (κ1) is 16.4. The monoisotopic (exact) mass is 349 g/mol. The van der Waals surface area contributed by atoms with E-state index in [-0.39, 0.29) is 16.1 Å². The van der Waals surface area contributed by atoms with Crippen LogP contribution in [0.5, 0.6) is 0 Å². The lowest BCUT2D eigenvalue weighted by atomic mass is 9.87. The molecule has 5 nitrogen and oxygen atoms in total. The van der Waals surface area contributed by atoms with Gasteiger partial charge in [-0.2, -0.15) is 0 Å². The zero-order chi connectivity index (χ0) is 17.3. The molecule has 0 spiro atoms. The summed E-state index contributed by atoms with van der Waals surface area (Å²) in [6.45, 7) is 0. The number of carboxylic acids is 1. The average Bonchev–Trinajstić information content (AvgIpc) is 2.54. The summed E-state index contributed by atoms with van der Waals surface area (Å²) in [5.74, 6) is -1.85. The van der Waals surface area contributed by atoms with Gasteiger partial charge in [-0.1, -0.05) is 12.1 Å². The smallest absolute Gasteiger partial charge is 0.338 e. The Morgan fingerprint density at radius 3 is 2.58 bits per heavy atom. The van der Waals surface area contributed by atoms with Crippen molar-refractivity contribution in [2.24, 2.45) is 0 Å². The summed E-state index contributed by atoms with van der Waals surface area (Å²) in [5.41, 5.74) is 1.60. The van der Waals surface area contributed by atoms with Crippen molar-refractivity contribution in [2.45, 2.75) is 30.6 Å². The van der Waals surface area contributed by atoms with E-state index >= 15 is 0 Å². The second-order valence-electron chi connectivity index (χ2n) is 5.70. The number of halogens is 1. The van der Waals surface area contributed by atoms with Gasteiger partial charge in [0.25, 0.3) is 10.0 Å². The topological polar surface area (TPSA) is 83.5 Å². The van der Waals surface area contributed by atoms with E-state index in [1.54, 1.807) is 6.07 Å². The average molecular weight is 349 g/mol. The molecule has 7 heteroatoms. The van der Waals surface area contributed by atoms with Gasteiger partial charge in [-0.05, 0) is 61.1 Å². The highest BCUT2D eigenvalue weighted by molar-refractivity contribution is 7.92. The summed E-state index contributed by atoms with van der Waals surface area (Å²) in [4.78, 5) is 11.4. The molecule has 0 aromatic heterocycles. The van der Waals surface area contributed by atoms with Crippen LogP contribution in [0.15, 0.2) is 41.3 Å². The summed E-state index contributed by atoms with van der Waals surface area (Å²) >= 11 is 0.